The summed E-state index contributed by atoms with van der Waals surface area (Å²) in [5.41, 5.74) is 1.24. The summed E-state index contributed by atoms with van der Waals surface area (Å²) in [6, 6.07) is 10.2. The fraction of sp³-hybridized carbons (Fsp3) is 0.438. The summed E-state index contributed by atoms with van der Waals surface area (Å²) >= 11 is 0. The van der Waals surface area contributed by atoms with Crippen LogP contribution in [0, 0.1) is 0 Å². The SMILES string of the molecule is CN(Cc1ncon1)C(=O)[C@H]1CCCN1Cc1ccccc1. The van der Waals surface area contributed by atoms with Gasteiger partial charge in [-0.25, -0.2) is 0 Å². The van der Waals surface area contributed by atoms with Crippen molar-refractivity contribution in [1.82, 2.24) is 19.9 Å². The van der Waals surface area contributed by atoms with Gasteiger partial charge in [0, 0.05) is 13.6 Å². The summed E-state index contributed by atoms with van der Waals surface area (Å²) in [6.07, 6.45) is 3.24. The normalized spacial score (nSPS) is 18.5. The van der Waals surface area contributed by atoms with Crippen molar-refractivity contribution in [3.63, 3.8) is 0 Å². The molecule has 0 spiro atoms. The molecule has 6 heteroatoms. The van der Waals surface area contributed by atoms with Crippen LogP contribution in [0.15, 0.2) is 41.2 Å². The third-order valence-corrected chi connectivity index (χ3v) is 4.04. The Bertz CT molecular complexity index is 600. The number of amides is 1. The molecule has 0 bridgehead atoms. The monoisotopic (exact) mass is 300 g/mol. The van der Waals surface area contributed by atoms with E-state index in [4.69, 9.17) is 4.52 Å². The van der Waals surface area contributed by atoms with Crippen LogP contribution in [0.2, 0.25) is 0 Å². The highest BCUT2D eigenvalue weighted by molar-refractivity contribution is 5.81. The molecule has 22 heavy (non-hydrogen) atoms. The van der Waals surface area contributed by atoms with Gasteiger partial charge in [0.2, 0.25) is 12.3 Å². The van der Waals surface area contributed by atoms with E-state index >= 15 is 0 Å². The van der Waals surface area contributed by atoms with Crippen molar-refractivity contribution in [1.29, 1.82) is 0 Å². The van der Waals surface area contributed by atoms with Gasteiger partial charge in [-0.15, -0.1) is 0 Å². The highest BCUT2D eigenvalue weighted by Gasteiger charge is 2.32. The minimum atomic E-state index is -0.0582. The summed E-state index contributed by atoms with van der Waals surface area (Å²) in [6.45, 7) is 2.15. The maximum absolute atomic E-state index is 12.7. The third-order valence-electron chi connectivity index (χ3n) is 4.04. The van der Waals surface area contributed by atoms with Crippen molar-refractivity contribution in [3.05, 3.63) is 48.1 Å². The summed E-state index contributed by atoms with van der Waals surface area (Å²) in [5.74, 6) is 0.654. The highest BCUT2D eigenvalue weighted by Crippen LogP contribution is 2.22. The Morgan fingerprint density at radius 2 is 2.23 bits per heavy atom. The molecular formula is C16H20N4O2. The average Bonchev–Trinajstić information content (AvgIpc) is 3.19. The number of likely N-dealkylation sites (tertiary alicyclic amines) is 1. The van der Waals surface area contributed by atoms with Gasteiger partial charge < -0.3 is 9.42 Å². The lowest BCUT2D eigenvalue weighted by Gasteiger charge is -2.27. The van der Waals surface area contributed by atoms with Gasteiger partial charge >= 0.3 is 0 Å². The molecule has 116 valence electrons. The highest BCUT2D eigenvalue weighted by atomic mass is 16.5. The van der Waals surface area contributed by atoms with E-state index in [1.807, 2.05) is 18.2 Å². The maximum atomic E-state index is 12.7. The Balaban J connectivity index is 1.63. The van der Waals surface area contributed by atoms with Crippen molar-refractivity contribution in [2.24, 2.45) is 0 Å². The second-order valence-corrected chi connectivity index (χ2v) is 5.66. The van der Waals surface area contributed by atoms with E-state index in [-0.39, 0.29) is 11.9 Å². The molecule has 3 rings (SSSR count). The number of rotatable bonds is 5. The number of hydrogen-bond acceptors (Lipinski definition) is 5. The smallest absolute Gasteiger partial charge is 0.240 e. The second kappa shape index (κ2) is 6.70. The van der Waals surface area contributed by atoms with Gasteiger partial charge in [-0.3, -0.25) is 9.69 Å². The molecule has 1 aliphatic rings. The van der Waals surface area contributed by atoms with E-state index < -0.39 is 0 Å². The fourth-order valence-electron chi connectivity index (χ4n) is 2.92. The molecular weight excluding hydrogens is 280 g/mol. The molecule has 0 aliphatic carbocycles. The summed E-state index contributed by atoms with van der Waals surface area (Å²) < 4.78 is 4.71. The lowest BCUT2D eigenvalue weighted by atomic mass is 10.1. The average molecular weight is 300 g/mol. The van der Waals surface area contributed by atoms with Gasteiger partial charge in [0.1, 0.15) is 0 Å². The van der Waals surface area contributed by atoms with Gasteiger partial charge in [-0.2, -0.15) is 4.98 Å². The Morgan fingerprint density at radius 1 is 1.41 bits per heavy atom. The summed E-state index contributed by atoms with van der Waals surface area (Å²) in [7, 11) is 1.79. The molecule has 1 atom stereocenters. The standard InChI is InChI=1S/C16H20N4O2/c1-19(11-15-17-12-22-18-15)16(21)14-8-5-9-20(14)10-13-6-3-2-4-7-13/h2-4,6-7,12,14H,5,8-11H2,1H3/t14-/m1/s1. The van der Waals surface area contributed by atoms with Crippen molar-refractivity contribution in [3.8, 4) is 0 Å². The first-order valence-corrected chi connectivity index (χ1v) is 7.52. The molecule has 6 nitrogen and oxygen atoms in total. The zero-order valence-electron chi connectivity index (χ0n) is 12.7. The summed E-state index contributed by atoms with van der Waals surface area (Å²) in [5, 5.41) is 3.76. The van der Waals surface area contributed by atoms with Crippen LogP contribution < -0.4 is 0 Å². The Labute approximate surface area is 129 Å². The molecule has 1 fully saturated rings. The number of carbonyl (C=O) groups is 1. The van der Waals surface area contributed by atoms with Gasteiger partial charge in [0.15, 0.2) is 5.82 Å². The number of likely N-dealkylation sites (N-methyl/N-ethyl adjacent to an activating group) is 1. The second-order valence-electron chi connectivity index (χ2n) is 5.66. The van der Waals surface area contributed by atoms with Crippen LogP contribution in [0.25, 0.3) is 0 Å². The molecule has 0 saturated carbocycles. The number of carbonyl (C=O) groups excluding carboxylic acids is 1. The van der Waals surface area contributed by atoms with Crippen LogP contribution in [-0.4, -0.2) is 45.5 Å². The predicted molar refractivity (Wildman–Crippen MR) is 80.6 cm³/mol. The quantitative estimate of drug-likeness (QED) is 0.841. The van der Waals surface area contributed by atoms with E-state index in [0.717, 1.165) is 25.9 Å². The van der Waals surface area contributed by atoms with Gasteiger partial charge in [-0.1, -0.05) is 35.5 Å². The Hall–Kier alpha value is -2.21. The molecule has 1 aromatic carbocycles. The topological polar surface area (TPSA) is 62.5 Å². The van der Waals surface area contributed by atoms with Crippen LogP contribution in [-0.2, 0) is 17.9 Å². The van der Waals surface area contributed by atoms with Crippen molar-refractivity contribution < 1.29 is 9.32 Å². The molecule has 1 aromatic heterocycles. The minimum absolute atomic E-state index is 0.0582. The zero-order valence-corrected chi connectivity index (χ0v) is 12.7. The Kier molecular flexibility index (Phi) is 4.48. The molecule has 1 aliphatic heterocycles. The van der Waals surface area contributed by atoms with Crippen molar-refractivity contribution in [2.75, 3.05) is 13.6 Å². The fourth-order valence-corrected chi connectivity index (χ4v) is 2.92. The van der Waals surface area contributed by atoms with E-state index in [2.05, 4.69) is 27.2 Å². The third kappa shape index (κ3) is 3.33. The molecule has 2 aromatic rings. The molecule has 0 unspecified atom stereocenters. The molecule has 0 N–H and O–H groups in total. The van der Waals surface area contributed by atoms with Gasteiger partial charge in [0.25, 0.3) is 0 Å². The van der Waals surface area contributed by atoms with E-state index in [0.29, 0.717) is 12.4 Å². The first-order chi connectivity index (χ1) is 10.7. The van der Waals surface area contributed by atoms with Crippen LogP contribution in [0.3, 0.4) is 0 Å². The van der Waals surface area contributed by atoms with E-state index in [9.17, 15) is 4.79 Å². The van der Waals surface area contributed by atoms with E-state index in [1.54, 1.807) is 11.9 Å². The first-order valence-electron chi connectivity index (χ1n) is 7.52. The number of aromatic nitrogens is 2. The van der Waals surface area contributed by atoms with Crippen LogP contribution in [0.4, 0.5) is 0 Å². The Morgan fingerprint density at radius 3 is 2.95 bits per heavy atom. The predicted octanol–water partition coefficient (Wildman–Crippen LogP) is 1.69. The molecule has 1 saturated heterocycles. The number of hydrogen-bond donors (Lipinski definition) is 0. The van der Waals surface area contributed by atoms with Crippen molar-refractivity contribution in [2.45, 2.75) is 32.0 Å². The van der Waals surface area contributed by atoms with Crippen LogP contribution in [0.1, 0.15) is 24.2 Å². The zero-order chi connectivity index (χ0) is 15.4. The van der Waals surface area contributed by atoms with E-state index in [1.165, 1.54) is 12.0 Å². The maximum Gasteiger partial charge on any atom is 0.240 e. The minimum Gasteiger partial charge on any atom is -0.343 e. The van der Waals surface area contributed by atoms with Gasteiger partial charge in [0.05, 0.1) is 12.6 Å². The van der Waals surface area contributed by atoms with Crippen molar-refractivity contribution >= 4 is 5.91 Å². The summed E-state index contributed by atoms with van der Waals surface area (Å²) in [4.78, 5) is 20.6. The molecule has 2 heterocycles. The molecule has 0 radical (unpaired) electrons. The van der Waals surface area contributed by atoms with Crippen LogP contribution in [0.5, 0.6) is 0 Å². The first kappa shape index (κ1) is 14.7. The number of benzene rings is 1. The lowest BCUT2D eigenvalue weighted by Crippen LogP contribution is -2.43. The van der Waals surface area contributed by atoms with Gasteiger partial charge in [-0.05, 0) is 24.9 Å². The lowest BCUT2D eigenvalue weighted by molar-refractivity contribution is -0.135. The molecule has 1 amide bonds. The largest absolute Gasteiger partial charge is 0.343 e. The van der Waals surface area contributed by atoms with Crippen LogP contribution >= 0.6 is 0 Å². The number of nitrogens with zero attached hydrogens (tertiary/aromatic N) is 4.